The minimum atomic E-state index is -0.968. The van der Waals surface area contributed by atoms with Crippen LogP contribution in [0, 0.1) is 0 Å². The molecule has 0 atom stereocenters. The van der Waals surface area contributed by atoms with Gasteiger partial charge in [0.25, 0.3) is 0 Å². The summed E-state index contributed by atoms with van der Waals surface area (Å²) >= 11 is 0. The summed E-state index contributed by atoms with van der Waals surface area (Å²) in [5.74, 6) is 2.21. The second kappa shape index (κ2) is 11.3. The van der Waals surface area contributed by atoms with Crippen molar-refractivity contribution in [2.75, 3.05) is 39.6 Å². The molecule has 1 fully saturated rings. The number of piperidine rings is 1. The molecule has 1 aromatic heterocycles. The Morgan fingerprint density at radius 1 is 0.897 bits per heavy atom. The molecule has 6 rings (SSSR count). The summed E-state index contributed by atoms with van der Waals surface area (Å²) in [6.45, 7) is 4.79. The second-order valence-corrected chi connectivity index (χ2v) is 9.92. The molecule has 0 spiro atoms. The van der Waals surface area contributed by atoms with E-state index in [2.05, 4.69) is 39.9 Å². The van der Waals surface area contributed by atoms with Gasteiger partial charge in [-0.2, -0.15) is 0 Å². The second-order valence-electron chi connectivity index (χ2n) is 9.92. The van der Waals surface area contributed by atoms with Gasteiger partial charge in [0.1, 0.15) is 30.3 Å². The molecule has 0 radical (unpaired) electrons. The summed E-state index contributed by atoms with van der Waals surface area (Å²) in [4.78, 5) is 13.8. The van der Waals surface area contributed by atoms with Crippen LogP contribution in [0.1, 0.15) is 34.7 Å². The maximum absolute atomic E-state index is 11.4. The Morgan fingerprint density at radius 2 is 1.67 bits per heavy atom. The van der Waals surface area contributed by atoms with Gasteiger partial charge in [0.05, 0.1) is 6.54 Å². The first-order valence-electron chi connectivity index (χ1n) is 13.4. The van der Waals surface area contributed by atoms with Gasteiger partial charge in [-0.25, -0.2) is 4.79 Å². The van der Waals surface area contributed by atoms with Gasteiger partial charge >= 0.3 is 5.97 Å². The van der Waals surface area contributed by atoms with Gasteiger partial charge in [0, 0.05) is 29.7 Å². The third kappa shape index (κ3) is 5.52. The lowest BCUT2D eigenvalue weighted by atomic mass is 9.89. The third-order valence-corrected chi connectivity index (χ3v) is 7.57. The van der Waals surface area contributed by atoms with Crippen LogP contribution in [0.2, 0.25) is 0 Å². The molecule has 4 aromatic rings. The van der Waals surface area contributed by atoms with Crippen LogP contribution in [0.5, 0.6) is 23.0 Å². The molecule has 0 unspecified atom stereocenters. The Hall–Kier alpha value is -4.17. The average molecular weight is 529 g/mol. The Bertz CT molecular complexity index is 1460. The summed E-state index contributed by atoms with van der Waals surface area (Å²) in [6, 6.07) is 21.1. The van der Waals surface area contributed by atoms with Crippen LogP contribution in [0.25, 0.3) is 10.9 Å². The molecule has 0 saturated carbocycles. The molecule has 8 heteroatoms. The average Bonchev–Trinajstić information content (AvgIpc) is 3.58. The van der Waals surface area contributed by atoms with Crippen LogP contribution < -0.4 is 18.9 Å². The summed E-state index contributed by atoms with van der Waals surface area (Å²) in [5, 5.41) is 10.7. The predicted molar refractivity (Wildman–Crippen MR) is 147 cm³/mol. The van der Waals surface area contributed by atoms with E-state index >= 15 is 0 Å². The molecular formula is C31H32N2O6. The molecule has 2 aliphatic heterocycles. The zero-order chi connectivity index (χ0) is 26.6. The summed E-state index contributed by atoms with van der Waals surface area (Å²) < 4.78 is 25.0. The van der Waals surface area contributed by atoms with E-state index in [1.165, 1.54) is 16.5 Å². The smallest absolute Gasteiger partial charge is 0.339 e. The highest BCUT2D eigenvalue weighted by molar-refractivity contribution is 5.90. The number of likely N-dealkylation sites (tertiary alicyclic amines) is 1. The van der Waals surface area contributed by atoms with Crippen LogP contribution in [0.4, 0.5) is 0 Å². The summed E-state index contributed by atoms with van der Waals surface area (Å²) in [5.41, 5.74) is 2.84. The number of fused-ring (bicyclic) bond motifs is 2. The van der Waals surface area contributed by atoms with Crippen molar-refractivity contribution in [3.8, 4) is 23.0 Å². The maximum atomic E-state index is 11.4. The number of rotatable bonds is 10. The van der Waals surface area contributed by atoms with Crippen molar-refractivity contribution in [1.82, 2.24) is 9.47 Å². The van der Waals surface area contributed by atoms with E-state index in [-0.39, 0.29) is 12.4 Å². The maximum Gasteiger partial charge on any atom is 0.339 e. The number of carboxylic acid groups (broad SMARTS) is 1. The number of hydrogen-bond donors (Lipinski definition) is 1. The number of aromatic carboxylic acids is 1. The van der Waals surface area contributed by atoms with E-state index < -0.39 is 5.97 Å². The first-order chi connectivity index (χ1) is 19.2. The Kier molecular flexibility index (Phi) is 7.27. The first kappa shape index (κ1) is 25.1. The number of hydrogen-bond acceptors (Lipinski definition) is 6. The number of nitrogens with zero attached hydrogens (tertiary/aromatic N) is 2. The topological polar surface area (TPSA) is 82.4 Å². The van der Waals surface area contributed by atoms with Crippen LogP contribution in [0.3, 0.4) is 0 Å². The lowest BCUT2D eigenvalue weighted by Gasteiger charge is -2.31. The van der Waals surface area contributed by atoms with Gasteiger partial charge in [-0.1, -0.05) is 30.3 Å². The minimum Gasteiger partial charge on any atom is -0.492 e. The van der Waals surface area contributed by atoms with E-state index in [1.54, 1.807) is 24.3 Å². The molecule has 39 heavy (non-hydrogen) atoms. The Morgan fingerprint density at radius 3 is 2.54 bits per heavy atom. The van der Waals surface area contributed by atoms with E-state index in [4.69, 9.17) is 18.9 Å². The van der Waals surface area contributed by atoms with Crippen molar-refractivity contribution in [2.24, 2.45) is 0 Å². The van der Waals surface area contributed by atoms with Crippen LogP contribution in [-0.4, -0.2) is 60.2 Å². The van der Waals surface area contributed by atoms with E-state index in [0.29, 0.717) is 24.9 Å². The number of aromatic nitrogens is 1. The fraction of sp³-hybridized carbons (Fsp3) is 0.323. The monoisotopic (exact) mass is 528 g/mol. The Labute approximate surface area is 227 Å². The zero-order valence-corrected chi connectivity index (χ0v) is 21.8. The molecule has 3 aromatic carbocycles. The summed E-state index contributed by atoms with van der Waals surface area (Å²) in [6.07, 6.45) is 4.46. The van der Waals surface area contributed by atoms with E-state index in [9.17, 15) is 9.90 Å². The molecule has 1 saturated heterocycles. The van der Waals surface area contributed by atoms with Crippen molar-refractivity contribution in [3.05, 3.63) is 84.1 Å². The first-order valence-corrected chi connectivity index (χ1v) is 13.4. The highest BCUT2D eigenvalue weighted by atomic mass is 16.7. The normalized spacial score (nSPS) is 15.5. The molecule has 3 heterocycles. The SMILES string of the molecule is O=C(O)c1ccccc1OCCN1CCC(c2cn(CCOc3ccc4c(c3)OCO4)c3ccccc23)CC1. The number of benzene rings is 3. The van der Waals surface area contributed by atoms with Crippen LogP contribution in [-0.2, 0) is 6.54 Å². The Balaban J connectivity index is 1.04. The molecule has 2 aliphatic rings. The predicted octanol–water partition coefficient (Wildman–Crippen LogP) is 5.41. The van der Waals surface area contributed by atoms with Gasteiger partial charge in [0.2, 0.25) is 6.79 Å². The standard InChI is InChI=1S/C31H32N2O6/c34-31(35)25-6-2-4-8-28(25)37-17-15-32-13-11-22(12-14-32)26-20-33(27-7-3-1-5-24(26)27)16-18-36-23-9-10-29-30(19-23)39-21-38-29/h1-10,19-20,22H,11-18,21H2,(H,34,35). The highest BCUT2D eigenvalue weighted by Crippen LogP contribution is 2.36. The molecule has 0 aliphatic carbocycles. The van der Waals surface area contributed by atoms with E-state index in [0.717, 1.165) is 56.3 Å². The van der Waals surface area contributed by atoms with Crippen molar-refractivity contribution in [1.29, 1.82) is 0 Å². The fourth-order valence-electron chi connectivity index (χ4n) is 5.54. The molecule has 8 nitrogen and oxygen atoms in total. The fourth-order valence-corrected chi connectivity index (χ4v) is 5.54. The molecular weight excluding hydrogens is 496 g/mol. The largest absolute Gasteiger partial charge is 0.492 e. The quantitative estimate of drug-likeness (QED) is 0.295. The number of carboxylic acids is 1. The lowest BCUT2D eigenvalue weighted by Crippen LogP contribution is -2.35. The highest BCUT2D eigenvalue weighted by Gasteiger charge is 2.24. The van der Waals surface area contributed by atoms with Crippen LogP contribution >= 0.6 is 0 Å². The number of para-hydroxylation sites is 2. The van der Waals surface area contributed by atoms with Gasteiger partial charge in [0.15, 0.2) is 11.5 Å². The molecule has 1 N–H and O–H groups in total. The van der Waals surface area contributed by atoms with Crippen molar-refractivity contribution in [2.45, 2.75) is 25.3 Å². The number of ether oxygens (including phenoxy) is 4. The minimum absolute atomic E-state index is 0.203. The van der Waals surface area contributed by atoms with Gasteiger partial charge in [-0.15, -0.1) is 0 Å². The molecule has 202 valence electrons. The van der Waals surface area contributed by atoms with Crippen molar-refractivity contribution < 1.29 is 28.8 Å². The lowest BCUT2D eigenvalue weighted by molar-refractivity contribution is 0.0691. The van der Waals surface area contributed by atoms with Crippen molar-refractivity contribution >= 4 is 16.9 Å². The van der Waals surface area contributed by atoms with Gasteiger partial charge < -0.3 is 28.6 Å². The van der Waals surface area contributed by atoms with Gasteiger partial charge in [-0.05, 0) is 67.7 Å². The van der Waals surface area contributed by atoms with E-state index in [1.807, 2.05) is 18.2 Å². The third-order valence-electron chi connectivity index (χ3n) is 7.57. The van der Waals surface area contributed by atoms with Crippen LogP contribution in [0.15, 0.2) is 72.9 Å². The molecule has 0 bridgehead atoms. The number of carbonyl (C=O) groups is 1. The zero-order valence-electron chi connectivity index (χ0n) is 21.8. The summed E-state index contributed by atoms with van der Waals surface area (Å²) in [7, 11) is 0. The van der Waals surface area contributed by atoms with Gasteiger partial charge in [-0.3, -0.25) is 4.90 Å². The molecule has 0 amide bonds. The van der Waals surface area contributed by atoms with Crippen molar-refractivity contribution in [3.63, 3.8) is 0 Å².